The second-order valence-electron chi connectivity index (χ2n) is 8.65. The van der Waals surface area contributed by atoms with E-state index in [-0.39, 0.29) is 17.9 Å². The van der Waals surface area contributed by atoms with Crippen LogP contribution in [0.4, 0.5) is 0 Å². The first-order valence-electron chi connectivity index (χ1n) is 10.9. The number of aryl methyl sites for hydroxylation is 1. The Morgan fingerprint density at radius 2 is 1.97 bits per heavy atom. The van der Waals surface area contributed by atoms with Crippen LogP contribution in [0.3, 0.4) is 0 Å². The van der Waals surface area contributed by atoms with Gasteiger partial charge < -0.3 is 20.2 Å². The number of hydrogen-bond donors (Lipinski definition) is 3. The number of H-pyrrole nitrogens is 1. The smallest absolute Gasteiger partial charge is 0.274 e. The number of aromatic amines is 1. The van der Waals surface area contributed by atoms with E-state index in [9.17, 15) is 14.7 Å². The van der Waals surface area contributed by atoms with Gasteiger partial charge >= 0.3 is 0 Å². The summed E-state index contributed by atoms with van der Waals surface area (Å²) in [6, 6.07) is 0.241. The second kappa shape index (κ2) is 9.26. The molecule has 0 aromatic carbocycles. The van der Waals surface area contributed by atoms with E-state index in [0.717, 1.165) is 50.0 Å². The maximum Gasteiger partial charge on any atom is 0.274 e. The Morgan fingerprint density at radius 1 is 1.24 bits per heavy atom. The molecule has 0 aliphatic carbocycles. The number of rotatable bonds is 5. The SMILES string of the molecule is CCc1[nH]nc(C(=O)N2CCC[C@@](O)(CN3CCC(NC(C)=O)CC3)CC2)c1C. The molecular weight excluding hydrogens is 370 g/mol. The van der Waals surface area contributed by atoms with Crippen LogP contribution in [0.25, 0.3) is 0 Å². The number of carbonyl (C=O) groups excluding carboxylic acids is 2. The molecule has 0 unspecified atom stereocenters. The number of hydrogen-bond acceptors (Lipinski definition) is 5. The molecule has 1 aromatic heterocycles. The van der Waals surface area contributed by atoms with Crippen molar-refractivity contribution in [1.29, 1.82) is 0 Å². The van der Waals surface area contributed by atoms with E-state index in [1.165, 1.54) is 0 Å². The van der Waals surface area contributed by atoms with E-state index < -0.39 is 5.60 Å². The molecule has 0 radical (unpaired) electrons. The number of piperidine rings is 1. The number of carbonyl (C=O) groups is 2. The quantitative estimate of drug-likeness (QED) is 0.684. The van der Waals surface area contributed by atoms with Gasteiger partial charge in [0, 0.05) is 56.9 Å². The molecule has 1 aromatic rings. The van der Waals surface area contributed by atoms with Crippen molar-refractivity contribution in [3.05, 3.63) is 17.0 Å². The molecule has 3 heterocycles. The van der Waals surface area contributed by atoms with Crippen LogP contribution in [-0.2, 0) is 11.2 Å². The van der Waals surface area contributed by atoms with Gasteiger partial charge in [-0.2, -0.15) is 5.10 Å². The highest BCUT2D eigenvalue weighted by atomic mass is 16.3. The number of β-amino-alcohol motifs (C(OH)–C–C–N with tert-alkyl or cyclic N) is 1. The zero-order valence-electron chi connectivity index (χ0n) is 18.0. The molecule has 2 aliphatic rings. The summed E-state index contributed by atoms with van der Waals surface area (Å²) in [6.45, 7) is 9.12. The molecule has 2 amide bonds. The number of aliphatic hydroxyl groups is 1. The Morgan fingerprint density at radius 3 is 2.59 bits per heavy atom. The summed E-state index contributed by atoms with van der Waals surface area (Å²) in [5, 5.41) is 21.4. The highest BCUT2D eigenvalue weighted by Crippen LogP contribution is 2.26. The largest absolute Gasteiger partial charge is 0.388 e. The molecule has 2 aliphatic heterocycles. The van der Waals surface area contributed by atoms with Gasteiger partial charge in [0.15, 0.2) is 5.69 Å². The fourth-order valence-electron chi connectivity index (χ4n) is 4.62. The number of amides is 2. The lowest BCUT2D eigenvalue weighted by Gasteiger charge is -2.38. The third kappa shape index (κ3) is 5.36. The molecule has 2 fully saturated rings. The van der Waals surface area contributed by atoms with Crippen LogP contribution in [0.1, 0.15) is 67.7 Å². The van der Waals surface area contributed by atoms with E-state index in [2.05, 4.69) is 20.4 Å². The standard InChI is InChI=1S/C21H35N5O3/c1-4-18-15(2)19(24-23-18)20(28)26-10-5-8-21(29,9-13-26)14-25-11-6-17(7-12-25)22-16(3)27/h17,29H,4-14H2,1-3H3,(H,22,27)(H,23,24)/t21-/m0/s1. The molecule has 0 saturated carbocycles. The summed E-state index contributed by atoms with van der Waals surface area (Å²) in [7, 11) is 0. The van der Waals surface area contributed by atoms with Gasteiger partial charge in [-0.05, 0) is 45.4 Å². The molecular formula is C21H35N5O3. The first kappa shape index (κ1) is 21.8. The van der Waals surface area contributed by atoms with Crippen molar-refractivity contribution in [1.82, 2.24) is 25.3 Å². The normalized spacial score (nSPS) is 24.3. The van der Waals surface area contributed by atoms with Gasteiger partial charge in [0.2, 0.25) is 5.91 Å². The van der Waals surface area contributed by atoms with Crippen molar-refractivity contribution in [2.45, 2.75) is 70.9 Å². The van der Waals surface area contributed by atoms with Gasteiger partial charge in [-0.1, -0.05) is 6.92 Å². The lowest BCUT2D eigenvalue weighted by molar-refractivity contribution is -0.120. The molecule has 1 atom stereocenters. The fourth-order valence-corrected chi connectivity index (χ4v) is 4.62. The first-order valence-corrected chi connectivity index (χ1v) is 10.9. The van der Waals surface area contributed by atoms with Crippen molar-refractivity contribution in [2.24, 2.45) is 0 Å². The summed E-state index contributed by atoms with van der Waals surface area (Å²) in [5.74, 6) is -0.0207. The number of likely N-dealkylation sites (tertiary alicyclic amines) is 2. The van der Waals surface area contributed by atoms with Crippen molar-refractivity contribution in [3.63, 3.8) is 0 Å². The predicted octanol–water partition coefficient (Wildman–Crippen LogP) is 1.24. The minimum atomic E-state index is -0.773. The van der Waals surface area contributed by atoms with E-state index in [1.54, 1.807) is 6.92 Å². The Hall–Kier alpha value is -1.93. The van der Waals surface area contributed by atoms with Crippen LogP contribution in [-0.4, -0.2) is 81.3 Å². The van der Waals surface area contributed by atoms with Crippen molar-refractivity contribution < 1.29 is 14.7 Å². The van der Waals surface area contributed by atoms with E-state index in [0.29, 0.717) is 38.2 Å². The summed E-state index contributed by atoms with van der Waals surface area (Å²) < 4.78 is 0. The van der Waals surface area contributed by atoms with Crippen molar-refractivity contribution in [3.8, 4) is 0 Å². The molecule has 29 heavy (non-hydrogen) atoms. The summed E-state index contributed by atoms with van der Waals surface area (Å²) in [5.41, 5.74) is 1.67. The molecule has 3 N–H and O–H groups in total. The topological polar surface area (TPSA) is 102 Å². The first-order chi connectivity index (χ1) is 13.8. The van der Waals surface area contributed by atoms with Crippen LogP contribution < -0.4 is 5.32 Å². The summed E-state index contributed by atoms with van der Waals surface area (Å²) >= 11 is 0. The summed E-state index contributed by atoms with van der Waals surface area (Å²) in [6.07, 6.45) is 4.72. The monoisotopic (exact) mass is 405 g/mol. The van der Waals surface area contributed by atoms with Crippen molar-refractivity contribution >= 4 is 11.8 Å². The van der Waals surface area contributed by atoms with Gasteiger partial charge in [-0.3, -0.25) is 14.7 Å². The Kier molecular flexibility index (Phi) is 6.95. The van der Waals surface area contributed by atoms with Crippen LogP contribution >= 0.6 is 0 Å². The molecule has 8 heteroatoms. The molecule has 2 saturated heterocycles. The van der Waals surface area contributed by atoms with Gasteiger partial charge in [-0.15, -0.1) is 0 Å². The van der Waals surface area contributed by atoms with Gasteiger partial charge in [0.25, 0.3) is 5.91 Å². The highest BCUT2D eigenvalue weighted by Gasteiger charge is 2.35. The number of nitrogens with zero attached hydrogens (tertiary/aromatic N) is 3. The zero-order valence-corrected chi connectivity index (χ0v) is 18.0. The average Bonchev–Trinajstić information content (AvgIpc) is 2.94. The predicted molar refractivity (Wildman–Crippen MR) is 111 cm³/mol. The molecule has 162 valence electrons. The number of aromatic nitrogens is 2. The molecule has 8 nitrogen and oxygen atoms in total. The lowest BCUT2D eigenvalue weighted by Crippen LogP contribution is -2.50. The molecule has 3 rings (SSSR count). The minimum absolute atomic E-state index is 0.0220. The van der Waals surface area contributed by atoms with Crippen LogP contribution in [0.15, 0.2) is 0 Å². The Labute approximate surface area is 173 Å². The fraction of sp³-hybridized carbons (Fsp3) is 0.762. The van der Waals surface area contributed by atoms with E-state index >= 15 is 0 Å². The van der Waals surface area contributed by atoms with E-state index in [1.807, 2.05) is 18.7 Å². The average molecular weight is 406 g/mol. The third-order valence-electron chi connectivity index (χ3n) is 6.38. The van der Waals surface area contributed by atoms with Crippen molar-refractivity contribution in [2.75, 3.05) is 32.7 Å². The molecule has 0 bridgehead atoms. The summed E-state index contributed by atoms with van der Waals surface area (Å²) in [4.78, 5) is 28.3. The van der Waals surface area contributed by atoms with Gasteiger partial charge in [0.05, 0.1) is 5.60 Å². The lowest BCUT2D eigenvalue weighted by atomic mass is 9.93. The van der Waals surface area contributed by atoms with Gasteiger partial charge in [-0.25, -0.2) is 0 Å². The maximum atomic E-state index is 12.9. The van der Waals surface area contributed by atoms with Crippen LogP contribution in [0, 0.1) is 6.92 Å². The van der Waals surface area contributed by atoms with Crippen LogP contribution in [0.2, 0.25) is 0 Å². The third-order valence-corrected chi connectivity index (χ3v) is 6.38. The number of nitrogens with one attached hydrogen (secondary N) is 2. The zero-order chi connectivity index (χ0) is 21.0. The second-order valence-corrected chi connectivity index (χ2v) is 8.65. The Bertz CT molecular complexity index is 726. The van der Waals surface area contributed by atoms with Crippen LogP contribution in [0.5, 0.6) is 0 Å². The maximum absolute atomic E-state index is 12.9. The minimum Gasteiger partial charge on any atom is -0.388 e. The van der Waals surface area contributed by atoms with E-state index in [4.69, 9.17) is 0 Å². The molecule has 0 spiro atoms. The Balaban J connectivity index is 1.54. The van der Waals surface area contributed by atoms with Gasteiger partial charge in [0.1, 0.15) is 0 Å². The highest BCUT2D eigenvalue weighted by molar-refractivity contribution is 5.94.